The van der Waals surface area contributed by atoms with Crippen molar-refractivity contribution in [2.24, 2.45) is 0 Å². The summed E-state index contributed by atoms with van der Waals surface area (Å²) in [7, 11) is 0. The van der Waals surface area contributed by atoms with Gasteiger partial charge in [0.1, 0.15) is 11.4 Å². The molecule has 0 bridgehead atoms. The van der Waals surface area contributed by atoms with Gasteiger partial charge in [0.15, 0.2) is 0 Å². The SMILES string of the molecule is C#CC1(O)CCN(C/C=C(\c2ccc(OC(C)=O)cc2)c2cccc(C(F)(F)F)c2)CC1.Cl. The minimum absolute atomic E-state index is 0. The number of likely N-dealkylation sites (tertiary alicyclic amines) is 1. The van der Waals surface area contributed by atoms with Crippen molar-refractivity contribution in [3.05, 3.63) is 71.3 Å². The van der Waals surface area contributed by atoms with Crippen LogP contribution in [0.15, 0.2) is 54.6 Å². The third-order valence-corrected chi connectivity index (χ3v) is 5.43. The molecule has 0 radical (unpaired) electrons. The van der Waals surface area contributed by atoms with Gasteiger partial charge in [-0.25, -0.2) is 0 Å². The highest BCUT2D eigenvalue weighted by molar-refractivity contribution is 5.85. The predicted octanol–water partition coefficient (Wildman–Crippen LogP) is 4.94. The zero-order valence-corrected chi connectivity index (χ0v) is 18.9. The number of hydrogen-bond donors (Lipinski definition) is 1. The van der Waals surface area contributed by atoms with Crippen LogP contribution in [-0.2, 0) is 11.0 Å². The highest BCUT2D eigenvalue weighted by atomic mass is 35.5. The van der Waals surface area contributed by atoms with Gasteiger partial charge < -0.3 is 9.84 Å². The fourth-order valence-electron chi connectivity index (χ4n) is 3.60. The van der Waals surface area contributed by atoms with E-state index in [4.69, 9.17) is 11.2 Å². The minimum Gasteiger partial charge on any atom is -0.427 e. The van der Waals surface area contributed by atoms with Gasteiger partial charge in [0, 0.05) is 39.4 Å². The molecule has 1 N–H and O–H groups in total. The summed E-state index contributed by atoms with van der Waals surface area (Å²) in [6.07, 6.45) is 3.69. The molecule has 0 aromatic heterocycles. The van der Waals surface area contributed by atoms with Crippen LogP contribution in [-0.4, -0.2) is 41.2 Å². The Kier molecular flexibility index (Phi) is 8.73. The maximum absolute atomic E-state index is 13.3. The lowest BCUT2D eigenvalue weighted by atomic mass is 9.92. The topological polar surface area (TPSA) is 49.8 Å². The van der Waals surface area contributed by atoms with Gasteiger partial charge in [0.05, 0.1) is 5.56 Å². The van der Waals surface area contributed by atoms with Crippen LogP contribution >= 0.6 is 12.4 Å². The van der Waals surface area contributed by atoms with Gasteiger partial charge in [-0.2, -0.15) is 13.2 Å². The molecular weight excluding hydrogens is 455 g/mol. The number of hydrogen-bond acceptors (Lipinski definition) is 4. The second-order valence-electron chi connectivity index (χ2n) is 7.79. The highest BCUT2D eigenvalue weighted by Crippen LogP contribution is 2.33. The number of carbonyl (C=O) groups is 1. The molecular formula is C25H25ClF3NO3. The molecule has 0 atom stereocenters. The molecule has 0 aliphatic carbocycles. The van der Waals surface area contributed by atoms with E-state index in [0.29, 0.717) is 54.9 Å². The normalized spacial score (nSPS) is 16.4. The lowest BCUT2D eigenvalue weighted by molar-refractivity contribution is -0.137. The van der Waals surface area contributed by atoms with Crippen LogP contribution in [0.3, 0.4) is 0 Å². The van der Waals surface area contributed by atoms with Crippen LogP contribution in [0.25, 0.3) is 5.57 Å². The van der Waals surface area contributed by atoms with Crippen LogP contribution in [0.1, 0.15) is 36.5 Å². The van der Waals surface area contributed by atoms with E-state index >= 15 is 0 Å². The van der Waals surface area contributed by atoms with Gasteiger partial charge in [0.2, 0.25) is 0 Å². The molecule has 2 aromatic rings. The molecule has 2 aromatic carbocycles. The number of esters is 1. The molecule has 4 nitrogen and oxygen atoms in total. The Morgan fingerprint density at radius 3 is 2.36 bits per heavy atom. The summed E-state index contributed by atoms with van der Waals surface area (Å²) in [6, 6.07) is 11.8. The lowest BCUT2D eigenvalue weighted by Crippen LogP contribution is -2.43. The van der Waals surface area contributed by atoms with E-state index in [1.54, 1.807) is 30.3 Å². The molecule has 1 saturated heterocycles. The maximum Gasteiger partial charge on any atom is 0.416 e. The van der Waals surface area contributed by atoms with Crippen LogP contribution in [0.4, 0.5) is 13.2 Å². The van der Waals surface area contributed by atoms with Gasteiger partial charge in [-0.15, -0.1) is 18.8 Å². The number of carbonyl (C=O) groups excluding carboxylic acids is 1. The Hall–Kier alpha value is -2.79. The fraction of sp³-hybridized carbons (Fsp3) is 0.320. The lowest BCUT2D eigenvalue weighted by Gasteiger charge is -2.34. The summed E-state index contributed by atoms with van der Waals surface area (Å²) >= 11 is 0. The van der Waals surface area contributed by atoms with Crippen molar-refractivity contribution in [1.29, 1.82) is 0 Å². The Morgan fingerprint density at radius 2 is 1.82 bits per heavy atom. The van der Waals surface area contributed by atoms with Gasteiger partial charge in [0.25, 0.3) is 0 Å². The summed E-state index contributed by atoms with van der Waals surface area (Å²) in [6.45, 7) is 2.94. The number of terminal acetylenes is 1. The smallest absolute Gasteiger partial charge is 0.416 e. The van der Waals surface area contributed by atoms with E-state index in [1.807, 2.05) is 6.08 Å². The number of benzene rings is 2. The first kappa shape index (κ1) is 26.5. The average Bonchev–Trinajstić information content (AvgIpc) is 2.75. The van der Waals surface area contributed by atoms with Crippen LogP contribution < -0.4 is 4.74 Å². The van der Waals surface area contributed by atoms with Gasteiger partial charge >= 0.3 is 12.1 Å². The predicted molar refractivity (Wildman–Crippen MR) is 123 cm³/mol. The molecule has 3 rings (SSSR count). The third kappa shape index (κ3) is 7.10. The third-order valence-electron chi connectivity index (χ3n) is 5.43. The quantitative estimate of drug-likeness (QED) is 0.375. The Morgan fingerprint density at radius 1 is 1.18 bits per heavy atom. The Bertz CT molecular complexity index is 1030. The monoisotopic (exact) mass is 479 g/mol. The molecule has 0 amide bonds. The Labute approximate surface area is 197 Å². The van der Waals surface area contributed by atoms with Crippen molar-refractivity contribution in [3.8, 4) is 18.1 Å². The van der Waals surface area contributed by atoms with E-state index < -0.39 is 23.3 Å². The first-order valence-corrected chi connectivity index (χ1v) is 10.2. The van der Waals surface area contributed by atoms with E-state index in [0.717, 1.165) is 12.1 Å². The van der Waals surface area contributed by atoms with E-state index in [1.165, 1.54) is 13.0 Å². The summed E-state index contributed by atoms with van der Waals surface area (Å²) < 4.78 is 44.9. The van der Waals surface area contributed by atoms with Crippen LogP contribution in [0, 0.1) is 12.3 Å². The minimum atomic E-state index is -4.45. The van der Waals surface area contributed by atoms with Crippen molar-refractivity contribution in [3.63, 3.8) is 0 Å². The molecule has 33 heavy (non-hydrogen) atoms. The second-order valence-corrected chi connectivity index (χ2v) is 7.79. The molecule has 1 aliphatic rings. The van der Waals surface area contributed by atoms with Crippen LogP contribution in [0.2, 0.25) is 0 Å². The zero-order valence-electron chi connectivity index (χ0n) is 18.1. The number of rotatable bonds is 5. The summed E-state index contributed by atoms with van der Waals surface area (Å²) in [5.41, 5.74) is -0.0799. The molecule has 0 spiro atoms. The molecule has 1 heterocycles. The van der Waals surface area contributed by atoms with Gasteiger partial charge in [-0.1, -0.05) is 36.3 Å². The average molecular weight is 480 g/mol. The van der Waals surface area contributed by atoms with Gasteiger partial charge in [-0.05, 0) is 41.0 Å². The number of piperidine rings is 1. The van der Waals surface area contributed by atoms with Crippen molar-refractivity contribution in [1.82, 2.24) is 4.90 Å². The van der Waals surface area contributed by atoms with Crippen molar-refractivity contribution in [2.45, 2.75) is 31.5 Å². The Balaban J connectivity index is 0.00000385. The zero-order chi connectivity index (χ0) is 23.4. The standard InChI is InChI=1S/C25H24F3NO3.ClH/c1-3-24(31)12-15-29(16-13-24)14-11-23(19-7-9-22(10-8-19)32-18(2)30)20-5-4-6-21(17-20)25(26,27)28;/h1,4-11,17,31H,12-16H2,2H3;1H/b23-11+;. The van der Waals surface area contributed by atoms with Crippen molar-refractivity contribution >= 4 is 23.9 Å². The number of nitrogens with zero attached hydrogens (tertiary/aromatic N) is 1. The van der Waals surface area contributed by atoms with E-state index in [9.17, 15) is 23.1 Å². The molecule has 1 fully saturated rings. The van der Waals surface area contributed by atoms with Crippen molar-refractivity contribution < 1.29 is 27.8 Å². The number of aliphatic hydroxyl groups is 1. The summed E-state index contributed by atoms with van der Waals surface area (Å²) in [4.78, 5) is 13.2. The maximum atomic E-state index is 13.3. The summed E-state index contributed by atoms with van der Waals surface area (Å²) in [5.74, 6) is 2.33. The molecule has 8 heteroatoms. The van der Waals surface area contributed by atoms with Crippen LogP contribution in [0.5, 0.6) is 5.75 Å². The second kappa shape index (κ2) is 10.9. The molecule has 0 unspecified atom stereocenters. The first-order valence-electron chi connectivity index (χ1n) is 10.2. The largest absolute Gasteiger partial charge is 0.427 e. The summed E-state index contributed by atoms with van der Waals surface area (Å²) in [5, 5.41) is 10.2. The van der Waals surface area contributed by atoms with Crippen molar-refractivity contribution in [2.75, 3.05) is 19.6 Å². The van der Waals surface area contributed by atoms with E-state index in [2.05, 4.69) is 10.8 Å². The number of halogens is 4. The van der Waals surface area contributed by atoms with E-state index in [-0.39, 0.29) is 12.4 Å². The molecule has 1 aliphatic heterocycles. The first-order chi connectivity index (χ1) is 15.1. The molecule has 176 valence electrons. The fourth-order valence-corrected chi connectivity index (χ4v) is 3.60. The highest BCUT2D eigenvalue weighted by Gasteiger charge is 2.31. The number of alkyl halides is 3. The van der Waals surface area contributed by atoms with Gasteiger partial charge in [-0.3, -0.25) is 9.69 Å². The number of ether oxygens (including phenoxy) is 1. The molecule has 0 saturated carbocycles.